The van der Waals surface area contributed by atoms with Gasteiger partial charge in [-0.25, -0.2) is 4.98 Å². The maximum absolute atomic E-state index is 4.29. The first kappa shape index (κ1) is 16.2. The Morgan fingerprint density at radius 3 is 2.83 bits per heavy atom. The molecule has 4 nitrogen and oxygen atoms in total. The van der Waals surface area contributed by atoms with Crippen molar-refractivity contribution in [2.24, 2.45) is 0 Å². The molecule has 0 N–H and O–H groups in total. The number of imidazole rings is 1. The van der Waals surface area contributed by atoms with Crippen molar-refractivity contribution in [3.8, 4) is 0 Å². The zero-order chi connectivity index (χ0) is 16.1. The number of aryl methyl sites for hydroxylation is 1. The molecular formula is C19H28N4. The average Bonchev–Trinajstić information content (AvgIpc) is 3.16. The number of likely N-dealkylation sites (N-methyl/N-ethyl adjacent to an activating group) is 1. The molecule has 2 heterocycles. The highest BCUT2D eigenvalue weighted by molar-refractivity contribution is 5.14. The molecule has 1 saturated heterocycles. The summed E-state index contributed by atoms with van der Waals surface area (Å²) in [6.45, 7) is 7.63. The fraction of sp³-hybridized carbons (Fsp3) is 0.526. The van der Waals surface area contributed by atoms with Crippen molar-refractivity contribution < 1.29 is 0 Å². The summed E-state index contributed by atoms with van der Waals surface area (Å²) >= 11 is 0. The highest BCUT2D eigenvalue weighted by atomic mass is 15.2. The first-order chi connectivity index (χ1) is 11.2. The molecule has 0 spiro atoms. The summed E-state index contributed by atoms with van der Waals surface area (Å²) in [4.78, 5) is 9.41. The minimum absolute atomic E-state index is 0.684. The standard InChI is InChI=1S/C19H28N4/c1-17-20-10-12-22(17)14-13-21(2)16-19-9-6-11-23(19)15-18-7-4-3-5-8-18/h3-5,7-8,10,12,19H,6,9,11,13-16H2,1-2H3/t19-/m1/s1. The summed E-state index contributed by atoms with van der Waals surface area (Å²) in [7, 11) is 2.24. The van der Waals surface area contributed by atoms with Crippen LogP contribution in [0.2, 0.25) is 0 Å². The molecule has 0 bridgehead atoms. The lowest BCUT2D eigenvalue weighted by atomic mass is 10.1. The number of aromatic nitrogens is 2. The van der Waals surface area contributed by atoms with Crippen LogP contribution in [0, 0.1) is 6.92 Å². The monoisotopic (exact) mass is 312 g/mol. The van der Waals surface area contributed by atoms with Gasteiger partial charge in [0.2, 0.25) is 0 Å². The second-order valence-corrected chi connectivity index (χ2v) is 6.68. The third-order valence-corrected chi connectivity index (χ3v) is 4.90. The SMILES string of the molecule is Cc1nccn1CCN(C)C[C@H]1CCCN1Cc1ccccc1. The van der Waals surface area contributed by atoms with Crippen LogP contribution in [0.3, 0.4) is 0 Å². The third-order valence-electron chi connectivity index (χ3n) is 4.90. The fourth-order valence-electron chi connectivity index (χ4n) is 3.50. The van der Waals surface area contributed by atoms with Crippen LogP contribution < -0.4 is 0 Å². The average molecular weight is 312 g/mol. The maximum atomic E-state index is 4.29. The van der Waals surface area contributed by atoms with Crippen molar-refractivity contribution in [1.29, 1.82) is 0 Å². The predicted molar refractivity (Wildman–Crippen MR) is 94.3 cm³/mol. The number of hydrogen-bond acceptors (Lipinski definition) is 3. The first-order valence-electron chi connectivity index (χ1n) is 8.66. The third kappa shape index (κ3) is 4.43. The molecular weight excluding hydrogens is 284 g/mol. The Hall–Kier alpha value is -1.65. The van der Waals surface area contributed by atoms with E-state index in [2.05, 4.69) is 69.9 Å². The quantitative estimate of drug-likeness (QED) is 0.786. The van der Waals surface area contributed by atoms with Crippen molar-refractivity contribution in [3.63, 3.8) is 0 Å². The normalized spacial score (nSPS) is 18.8. The fourth-order valence-corrected chi connectivity index (χ4v) is 3.50. The van der Waals surface area contributed by atoms with E-state index in [1.807, 2.05) is 6.20 Å². The lowest BCUT2D eigenvalue weighted by Gasteiger charge is -2.29. The number of hydrogen-bond donors (Lipinski definition) is 0. The molecule has 2 aromatic rings. The molecule has 23 heavy (non-hydrogen) atoms. The molecule has 0 aliphatic carbocycles. The van der Waals surface area contributed by atoms with Gasteiger partial charge in [0, 0.05) is 44.6 Å². The molecule has 0 unspecified atom stereocenters. The zero-order valence-electron chi connectivity index (χ0n) is 14.4. The lowest BCUT2D eigenvalue weighted by molar-refractivity contribution is 0.182. The molecule has 124 valence electrons. The van der Waals surface area contributed by atoms with E-state index >= 15 is 0 Å². The summed E-state index contributed by atoms with van der Waals surface area (Å²) in [5.41, 5.74) is 1.43. The largest absolute Gasteiger partial charge is 0.334 e. The summed E-state index contributed by atoms with van der Waals surface area (Å²) in [5, 5.41) is 0. The van der Waals surface area contributed by atoms with Crippen LogP contribution in [0.25, 0.3) is 0 Å². The van der Waals surface area contributed by atoms with Gasteiger partial charge in [0.15, 0.2) is 0 Å². The van der Waals surface area contributed by atoms with Gasteiger partial charge in [0.05, 0.1) is 0 Å². The second-order valence-electron chi connectivity index (χ2n) is 6.68. The van der Waals surface area contributed by atoms with E-state index in [0.29, 0.717) is 6.04 Å². The Balaban J connectivity index is 1.49. The molecule has 1 aliphatic rings. The minimum Gasteiger partial charge on any atom is -0.334 e. The van der Waals surface area contributed by atoms with Gasteiger partial charge in [0.1, 0.15) is 5.82 Å². The van der Waals surface area contributed by atoms with Gasteiger partial charge in [-0.3, -0.25) is 4.90 Å². The van der Waals surface area contributed by atoms with Crippen LogP contribution in [0.4, 0.5) is 0 Å². The molecule has 0 radical (unpaired) electrons. The van der Waals surface area contributed by atoms with Gasteiger partial charge in [0.25, 0.3) is 0 Å². The Morgan fingerprint density at radius 1 is 1.26 bits per heavy atom. The van der Waals surface area contributed by atoms with Crippen LogP contribution in [0.1, 0.15) is 24.2 Å². The zero-order valence-corrected chi connectivity index (χ0v) is 14.4. The molecule has 0 saturated carbocycles. The van der Waals surface area contributed by atoms with Crippen molar-refractivity contribution in [2.75, 3.05) is 26.7 Å². The van der Waals surface area contributed by atoms with Gasteiger partial charge >= 0.3 is 0 Å². The number of rotatable bonds is 7. The molecule has 3 rings (SSSR count). The molecule has 1 fully saturated rings. The number of nitrogens with zero attached hydrogens (tertiary/aromatic N) is 4. The van der Waals surface area contributed by atoms with Crippen LogP contribution in [0.15, 0.2) is 42.7 Å². The predicted octanol–water partition coefficient (Wildman–Crippen LogP) is 2.79. The minimum atomic E-state index is 0.684. The Morgan fingerprint density at radius 2 is 2.09 bits per heavy atom. The number of likely N-dealkylation sites (tertiary alicyclic amines) is 1. The van der Waals surface area contributed by atoms with Gasteiger partial charge < -0.3 is 9.47 Å². The van der Waals surface area contributed by atoms with Crippen LogP contribution in [-0.4, -0.2) is 52.1 Å². The van der Waals surface area contributed by atoms with Crippen LogP contribution in [-0.2, 0) is 13.1 Å². The number of benzene rings is 1. The molecule has 1 aromatic heterocycles. The molecule has 1 aliphatic heterocycles. The Bertz CT molecular complexity index is 592. The Labute approximate surface area is 139 Å². The summed E-state index contributed by atoms with van der Waals surface area (Å²) in [6.07, 6.45) is 6.60. The van der Waals surface area contributed by atoms with Crippen LogP contribution in [0.5, 0.6) is 0 Å². The smallest absolute Gasteiger partial charge is 0.105 e. The van der Waals surface area contributed by atoms with E-state index < -0.39 is 0 Å². The second kappa shape index (κ2) is 7.75. The van der Waals surface area contributed by atoms with Crippen molar-refractivity contribution in [3.05, 3.63) is 54.1 Å². The van der Waals surface area contributed by atoms with Gasteiger partial charge in [-0.05, 0) is 38.9 Å². The van der Waals surface area contributed by atoms with E-state index in [4.69, 9.17) is 0 Å². The maximum Gasteiger partial charge on any atom is 0.105 e. The van der Waals surface area contributed by atoms with Crippen molar-refractivity contribution in [2.45, 2.75) is 38.9 Å². The van der Waals surface area contributed by atoms with Gasteiger partial charge in [-0.1, -0.05) is 30.3 Å². The van der Waals surface area contributed by atoms with E-state index in [0.717, 1.165) is 32.0 Å². The summed E-state index contributed by atoms with van der Waals surface area (Å²) < 4.78 is 2.23. The molecule has 0 amide bonds. The van der Waals surface area contributed by atoms with Crippen LogP contribution >= 0.6 is 0 Å². The highest BCUT2D eigenvalue weighted by Gasteiger charge is 2.25. The topological polar surface area (TPSA) is 24.3 Å². The molecule has 1 aromatic carbocycles. The summed E-state index contributed by atoms with van der Waals surface area (Å²) in [5.74, 6) is 1.10. The first-order valence-corrected chi connectivity index (χ1v) is 8.66. The van der Waals surface area contributed by atoms with Crippen molar-refractivity contribution >= 4 is 0 Å². The van der Waals surface area contributed by atoms with E-state index in [9.17, 15) is 0 Å². The molecule has 4 heteroatoms. The van der Waals surface area contributed by atoms with Gasteiger partial charge in [-0.15, -0.1) is 0 Å². The van der Waals surface area contributed by atoms with E-state index in [1.165, 1.54) is 24.9 Å². The van der Waals surface area contributed by atoms with Crippen molar-refractivity contribution in [1.82, 2.24) is 19.4 Å². The van der Waals surface area contributed by atoms with Gasteiger partial charge in [-0.2, -0.15) is 0 Å². The Kier molecular flexibility index (Phi) is 5.47. The lowest BCUT2D eigenvalue weighted by Crippen LogP contribution is -2.39. The highest BCUT2D eigenvalue weighted by Crippen LogP contribution is 2.20. The van der Waals surface area contributed by atoms with E-state index in [1.54, 1.807) is 0 Å². The van der Waals surface area contributed by atoms with E-state index in [-0.39, 0.29) is 0 Å². The molecule has 1 atom stereocenters. The summed E-state index contributed by atoms with van der Waals surface area (Å²) in [6, 6.07) is 11.5.